The molecule has 7 heteroatoms. The SMILES string of the molecule is Cc1ccsc1C(=O)NNC(=O)c1ccc(Br)s1. The van der Waals surface area contributed by atoms with Gasteiger partial charge < -0.3 is 0 Å². The molecule has 0 unspecified atom stereocenters. The van der Waals surface area contributed by atoms with Gasteiger partial charge in [0.15, 0.2) is 0 Å². The van der Waals surface area contributed by atoms with Gasteiger partial charge in [0.1, 0.15) is 0 Å². The summed E-state index contributed by atoms with van der Waals surface area (Å²) in [6, 6.07) is 5.33. The average Bonchev–Trinajstić information content (AvgIpc) is 2.94. The second-order valence-electron chi connectivity index (χ2n) is 3.44. The summed E-state index contributed by atoms with van der Waals surface area (Å²) < 4.78 is 0.869. The molecule has 0 aliphatic heterocycles. The number of thiophene rings is 2. The maximum atomic E-state index is 11.7. The van der Waals surface area contributed by atoms with Crippen LogP contribution in [0, 0.1) is 6.92 Å². The molecule has 0 radical (unpaired) electrons. The smallest absolute Gasteiger partial charge is 0.266 e. The van der Waals surface area contributed by atoms with Crippen LogP contribution in [0.3, 0.4) is 0 Å². The van der Waals surface area contributed by atoms with Gasteiger partial charge in [0.05, 0.1) is 13.5 Å². The molecule has 4 nitrogen and oxygen atoms in total. The zero-order chi connectivity index (χ0) is 13.1. The maximum Gasteiger partial charge on any atom is 0.280 e. The molecule has 2 N–H and O–H groups in total. The topological polar surface area (TPSA) is 58.2 Å². The number of nitrogens with one attached hydrogen (secondary N) is 2. The van der Waals surface area contributed by atoms with Gasteiger partial charge >= 0.3 is 0 Å². The van der Waals surface area contributed by atoms with Crippen LogP contribution in [-0.2, 0) is 0 Å². The fourth-order valence-corrected chi connectivity index (χ4v) is 3.38. The van der Waals surface area contributed by atoms with E-state index in [2.05, 4.69) is 26.8 Å². The third kappa shape index (κ3) is 2.98. The van der Waals surface area contributed by atoms with E-state index in [1.165, 1.54) is 22.7 Å². The van der Waals surface area contributed by atoms with Crippen molar-refractivity contribution in [1.82, 2.24) is 10.9 Å². The molecule has 0 saturated heterocycles. The summed E-state index contributed by atoms with van der Waals surface area (Å²) in [6.07, 6.45) is 0. The van der Waals surface area contributed by atoms with E-state index < -0.39 is 0 Å². The monoisotopic (exact) mass is 344 g/mol. The summed E-state index contributed by atoms with van der Waals surface area (Å²) in [5, 5.41) is 1.84. The van der Waals surface area contributed by atoms with Crippen LogP contribution in [0.2, 0.25) is 0 Å². The Kier molecular flexibility index (Phi) is 4.15. The number of carbonyl (C=O) groups excluding carboxylic acids is 2. The van der Waals surface area contributed by atoms with Crippen LogP contribution in [0.15, 0.2) is 27.4 Å². The summed E-state index contributed by atoms with van der Waals surface area (Å²) in [7, 11) is 0. The molecule has 0 aliphatic rings. The molecular formula is C11H9BrN2O2S2. The van der Waals surface area contributed by atoms with Gasteiger partial charge in [-0.3, -0.25) is 20.4 Å². The highest BCUT2D eigenvalue weighted by Crippen LogP contribution is 2.21. The van der Waals surface area contributed by atoms with Crippen molar-refractivity contribution in [2.24, 2.45) is 0 Å². The Labute approximate surface area is 120 Å². The van der Waals surface area contributed by atoms with Gasteiger partial charge in [0.2, 0.25) is 0 Å². The lowest BCUT2D eigenvalue weighted by Crippen LogP contribution is -2.41. The lowest BCUT2D eigenvalue weighted by molar-refractivity contribution is 0.0851. The fourth-order valence-electron chi connectivity index (χ4n) is 1.27. The highest BCUT2D eigenvalue weighted by Gasteiger charge is 2.13. The van der Waals surface area contributed by atoms with Crippen molar-refractivity contribution in [2.45, 2.75) is 6.92 Å². The number of hydrazine groups is 1. The largest absolute Gasteiger partial charge is 0.280 e. The first-order valence-electron chi connectivity index (χ1n) is 4.98. The summed E-state index contributed by atoms with van der Waals surface area (Å²) in [5.41, 5.74) is 5.68. The van der Waals surface area contributed by atoms with Crippen LogP contribution in [0.1, 0.15) is 24.9 Å². The third-order valence-electron chi connectivity index (χ3n) is 2.15. The van der Waals surface area contributed by atoms with Crippen LogP contribution in [-0.4, -0.2) is 11.8 Å². The predicted octanol–water partition coefficient (Wildman–Crippen LogP) is 2.96. The molecule has 2 amide bonds. The lowest BCUT2D eigenvalue weighted by atomic mass is 10.3. The Morgan fingerprint density at radius 3 is 2.44 bits per heavy atom. The number of carbonyl (C=O) groups is 2. The lowest BCUT2D eigenvalue weighted by Gasteiger charge is -2.05. The highest BCUT2D eigenvalue weighted by atomic mass is 79.9. The molecule has 0 bridgehead atoms. The van der Waals surface area contributed by atoms with Crippen LogP contribution >= 0.6 is 38.6 Å². The number of hydrogen-bond donors (Lipinski definition) is 2. The summed E-state index contributed by atoms with van der Waals surface area (Å²) in [6.45, 7) is 1.85. The third-order valence-corrected chi connectivity index (χ3v) is 4.79. The fraction of sp³-hybridized carbons (Fsp3) is 0.0909. The summed E-state index contributed by atoms with van der Waals surface area (Å²) in [5.74, 6) is -0.625. The quantitative estimate of drug-likeness (QED) is 0.823. The first kappa shape index (κ1) is 13.3. The van der Waals surface area contributed by atoms with E-state index in [-0.39, 0.29) is 11.8 Å². The van der Waals surface area contributed by atoms with Crippen LogP contribution in [0.25, 0.3) is 0 Å². The van der Waals surface area contributed by atoms with Crippen LogP contribution < -0.4 is 10.9 Å². The molecule has 0 aromatic carbocycles. The molecule has 0 fully saturated rings. The molecular weight excluding hydrogens is 336 g/mol. The first-order valence-corrected chi connectivity index (χ1v) is 7.47. The van der Waals surface area contributed by atoms with E-state index in [4.69, 9.17) is 0 Å². The second-order valence-corrected chi connectivity index (χ2v) is 6.82. The normalized spacial score (nSPS) is 10.1. The molecule has 2 aromatic rings. The van der Waals surface area contributed by atoms with Crippen molar-refractivity contribution in [3.05, 3.63) is 42.7 Å². The van der Waals surface area contributed by atoms with Gasteiger partial charge in [0, 0.05) is 0 Å². The Balaban J connectivity index is 1.94. The van der Waals surface area contributed by atoms with Crippen LogP contribution in [0.4, 0.5) is 0 Å². The molecule has 0 saturated carbocycles. The zero-order valence-electron chi connectivity index (χ0n) is 9.32. The van der Waals surface area contributed by atoms with Crippen molar-refractivity contribution in [2.75, 3.05) is 0 Å². The van der Waals surface area contributed by atoms with Gasteiger partial charge in [-0.15, -0.1) is 22.7 Å². The predicted molar refractivity (Wildman–Crippen MR) is 76.0 cm³/mol. The van der Waals surface area contributed by atoms with E-state index in [0.29, 0.717) is 9.75 Å². The van der Waals surface area contributed by atoms with Gasteiger partial charge in [-0.05, 0) is 52.0 Å². The number of rotatable bonds is 2. The van der Waals surface area contributed by atoms with Crippen LogP contribution in [0.5, 0.6) is 0 Å². The van der Waals surface area contributed by atoms with Gasteiger partial charge in [0.25, 0.3) is 11.8 Å². The minimum absolute atomic E-state index is 0.300. The number of aryl methyl sites for hydroxylation is 1. The zero-order valence-corrected chi connectivity index (χ0v) is 12.5. The van der Waals surface area contributed by atoms with Gasteiger partial charge in [-0.25, -0.2) is 0 Å². The Hall–Kier alpha value is -1.18. The Morgan fingerprint density at radius 2 is 1.89 bits per heavy atom. The average molecular weight is 345 g/mol. The highest BCUT2D eigenvalue weighted by molar-refractivity contribution is 9.11. The van der Waals surface area contributed by atoms with Crippen molar-refractivity contribution in [3.8, 4) is 0 Å². The van der Waals surface area contributed by atoms with Crippen molar-refractivity contribution in [3.63, 3.8) is 0 Å². The molecule has 0 spiro atoms. The number of amides is 2. The second kappa shape index (κ2) is 5.64. The summed E-state index contributed by atoms with van der Waals surface area (Å²) in [4.78, 5) is 24.6. The van der Waals surface area contributed by atoms with Gasteiger partial charge in [-0.1, -0.05) is 0 Å². The van der Waals surface area contributed by atoms with Crippen molar-refractivity contribution >= 4 is 50.4 Å². The van der Waals surface area contributed by atoms with Gasteiger partial charge in [-0.2, -0.15) is 0 Å². The van der Waals surface area contributed by atoms with Crippen molar-refractivity contribution in [1.29, 1.82) is 0 Å². The molecule has 0 aliphatic carbocycles. The van der Waals surface area contributed by atoms with E-state index in [0.717, 1.165) is 9.35 Å². The van der Waals surface area contributed by atoms with Crippen molar-refractivity contribution < 1.29 is 9.59 Å². The number of hydrogen-bond acceptors (Lipinski definition) is 4. The van der Waals surface area contributed by atoms with E-state index >= 15 is 0 Å². The minimum Gasteiger partial charge on any atom is -0.266 e. The molecule has 2 aromatic heterocycles. The molecule has 0 atom stereocenters. The Bertz CT molecular complexity index is 591. The molecule has 2 heterocycles. The maximum absolute atomic E-state index is 11.7. The summed E-state index contributed by atoms with van der Waals surface area (Å²) >= 11 is 5.92. The number of halogens is 1. The first-order chi connectivity index (χ1) is 8.58. The minimum atomic E-state index is -0.326. The van der Waals surface area contributed by atoms with E-state index in [1.807, 2.05) is 18.4 Å². The molecule has 2 rings (SSSR count). The molecule has 94 valence electrons. The van der Waals surface area contributed by atoms with E-state index in [9.17, 15) is 9.59 Å². The molecule has 18 heavy (non-hydrogen) atoms. The van der Waals surface area contributed by atoms with E-state index in [1.54, 1.807) is 12.1 Å². The Morgan fingerprint density at radius 1 is 1.17 bits per heavy atom. The standard InChI is InChI=1S/C11H9BrN2O2S2/c1-6-4-5-17-9(6)11(16)14-13-10(15)7-2-3-8(12)18-7/h2-5H,1H3,(H,13,15)(H,14,16).